The highest BCUT2D eigenvalue weighted by Crippen LogP contribution is 2.45. The SMILES string of the molecule is CCCC1(CCC)CCc2ccc(F)cc21. The summed E-state index contributed by atoms with van der Waals surface area (Å²) in [6.45, 7) is 4.46. The van der Waals surface area contributed by atoms with Gasteiger partial charge >= 0.3 is 0 Å². The molecular formula is C15H21F. The summed E-state index contributed by atoms with van der Waals surface area (Å²) < 4.78 is 13.4. The predicted octanol–water partition coefficient (Wildman–Crippen LogP) is 4.61. The van der Waals surface area contributed by atoms with Crippen LogP contribution < -0.4 is 0 Å². The van der Waals surface area contributed by atoms with E-state index < -0.39 is 0 Å². The van der Waals surface area contributed by atoms with Crippen LogP contribution in [0.3, 0.4) is 0 Å². The molecule has 0 heterocycles. The van der Waals surface area contributed by atoms with Gasteiger partial charge < -0.3 is 0 Å². The van der Waals surface area contributed by atoms with E-state index in [1.165, 1.54) is 43.2 Å². The number of hydrogen-bond acceptors (Lipinski definition) is 0. The zero-order valence-electron chi connectivity index (χ0n) is 10.4. The molecule has 16 heavy (non-hydrogen) atoms. The van der Waals surface area contributed by atoms with Crippen LogP contribution in [-0.4, -0.2) is 0 Å². The van der Waals surface area contributed by atoms with Crippen molar-refractivity contribution in [3.05, 3.63) is 35.1 Å². The van der Waals surface area contributed by atoms with E-state index in [2.05, 4.69) is 13.8 Å². The highest BCUT2D eigenvalue weighted by molar-refractivity contribution is 5.39. The molecule has 1 heteroatoms. The molecule has 0 aliphatic heterocycles. The second kappa shape index (κ2) is 4.57. The highest BCUT2D eigenvalue weighted by atomic mass is 19.1. The average Bonchev–Trinajstić information content (AvgIpc) is 2.59. The molecule has 0 amide bonds. The van der Waals surface area contributed by atoms with Crippen LogP contribution in [0, 0.1) is 5.82 Å². The third-order valence-corrected chi connectivity index (χ3v) is 3.97. The number of aryl methyl sites for hydroxylation is 1. The summed E-state index contributed by atoms with van der Waals surface area (Å²) in [5, 5.41) is 0. The Hall–Kier alpha value is -0.850. The molecule has 0 fully saturated rings. The van der Waals surface area contributed by atoms with E-state index in [1.807, 2.05) is 6.07 Å². The Morgan fingerprint density at radius 1 is 1.19 bits per heavy atom. The topological polar surface area (TPSA) is 0 Å². The molecule has 0 saturated carbocycles. The van der Waals surface area contributed by atoms with Crippen LogP contribution in [0.15, 0.2) is 18.2 Å². The molecule has 1 aromatic rings. The van der Waals surface area contributed by atoms with Crippen LogP contribution in [0.5, 0.6) is 0 Å². The van der Waals surface area contributed by atoms with Gasteiger partial charge in [0.05, 0.1) is 0 Å². The largest absolute Gasteiger partial charge is 0.207 e. The summed E-state index contributed by atoms with van der Waals surface area (Å²) in [5.41, 5.74) is 2.96. The Balaban J connectivity index is 2.40. The van der Waals surface area contributed by atoms with Crippen molar-refractivity contribution in [1.29, 1.82) is 0 Å². The van der Waals surface area contributed by atoms with Crippen molar-refractivity contribution in [3.8, 4) is 0 Å². The number of benzene rings is 1. The third kappa shape index (κ3) is 1.88. The normalized spacial score (nSPS) is 17.4. The zero-order chi connectivity index (χ0) is 11.6. The predicted molar refractivity (Wildman–Crippen MR) is 66.2 cm³/mol. The summed E-state index contributed by atoms with van der Waals surface area (Å²) in [5.74, 6) is -0.0720. The molecule has 0 bridgehead atoms. The first-order chi connectivity index (χ1) is 7.72. The summed E-state index contributed by atoms with van der Waals surface area (Å²) in [4.78, 5) is 0. The molecule has 0 saturated heterocycles. The van der Waals surface area contributed by atoms with E-state index in [0.717, 1.165) is 6.42 Å². The third-order valence-electron chi connectivity index (χ3n) is 3.97. The van der Waals surface area contributed by atoms with Crippen molar-refractivity contribution in [1.82, 2.24) is 0 Å². The Bertz CT molecular complexity index is 356. The van der Waals surface area contributed by atoms with Crippen molar-refractivity contribution in [3.63, 3.8) is 0 Å². The van der Waals surface area contributed by atoms with Gasteiger partial charge in [0.2, 0.25) is 0 Å². The standard InChI is InChI=1S/C15H21F/c1-3-8-15(9-4-2)10-7-12-5-6-13(16)11-14(12)15/h5-6,11H,3-4,7-10H2,1-2H3. The van der Waals surface area contributed by atoms with Gasteiger partial charge in [0.15, 0.2) is 0 Å². The van der Waals surface area contributed by atoms with E-state index >= 15 is 0 Å². The lowest BCUT2D eigenvalue weighted by atomic mass is 9.74. The molecular weight excluding hydrogens is 199 g/mol. The van der Waals surface area contributed by atoms with Crippen molar-refractivity contribution in [2.24, 2.45) is 0 Å². The molecule has 1 aromatic carbocycles. The van der Waals surface area contributed by atoms with E-state index in [1.54, 1.807) is 12.1 Å². The van der Waals surface area contributed by atoms with Crippen LogP contribution in [-0.2, 0) is 11.8 Å². The van der Waals surface area contributed by atoms with Gasteiger partial charge in [-0.2, -0.15) is 0 Å². The summed E-state index contributed by atoms with van der Waals surface area (Å²) >= 11 is 0. The molecule has 0 spiro atoms. The van der Waals surface area contributed by atoms with Gasteiger partial charge in [-0.05, 0) is 54.4 Å². The molecule has 2 rings (SSSR count). The molecule has 1 aliphatic rings. The van der Waals surface area contributed by atoms with Crippen molar-refractivity contribution in [2.75, 3.05) is 0 Å². The van der Waals surface area contributed by atoms with Gasteiger partial charge in [-0.25, -0.2) is 4.39 Å². The lowest BCUT2D eigenvalue weighted by Gasteiger charge is -2.30. The van der Waals surface area contributed by atoms with Crippen LogP contribution in [0.25, 0.3) is 0 Å². The smallest absolute Gasteiger partial charge is 0.123 e. The molecule has 0 nitrogen and oxygen atoms in total. The summed E-state index contributed by atoms with van der Waals surface area (Å²) in [6.07, 6.45) is 7.14. The van der Waals surface area contributed by atoms with Gasteiger partial charge in [0, 0.05) is 0 Å². The summed E-state index contributed by atoms with van der Waals surface area (Å²) in [6, 6.07) is 5.37. The van der Waals surface area contributed by atoms with Crippen molar-refractivity contribution >= 4 is 0 Å². The fraction of sp³-hybridized carbons (Fsp3) is 0.600. The molecule has 0 atom stereocenters. The van der Waals surface area contributed by atoms with E-state index in [9.17, 15) is 4.39 Å². The van der Waals surface area contributed by atoms with E-state index in [-0.39, 0.29) is 11.2 Å². The molecule has 0 unspecified atom stereocenters. The first-order valence-corrected chi connectivity index (χ1v) is 6.51. The Labute approximate surface area is 97.9 Å². The first-order valence-electron chi connectivity index (χ1n) is 6.51. The van der Waals surface area contributed by atoms with Gasteiger partial charge in [-0.15, -0.1) is 0 Å². The zero-order valence-corrected chi connectivity index (χ0v) is 10.4. The number of hydrogen-bond donors (Lipinski definition) is 0. The van der Waals surface area contributed by atoms with Crippen LogP contribution in [0.4, 0.5) is 4.39 Å². The van der Waals surface area contributed by atoms with E-state index in [4.69, 9.17) is 0 Å². The minimum atomic E-state index is -0.0720. The molecule has 0 N–H and O–H groups in total. The lowest BCUT2D eigenvalue weighted by molar-refractivity contribution is 0.353. The minimum absolute atomic E-state index is 0.0720. The average molecular weight is 220 g/mol. The monoisotopic (exact) mass is 220 g/mol. The van der Waals surface area contributed by atoms with Crippen molar-refractivity contribution in [2.45, 2.75) is 57.8 Å². The van der Waals surface area contributed by atoms with Crippen LogP contribution >= 0.6 is 0 Å². The molecule has 0 radical (unpaired) electrons. The molecule has 1 aliphatic carbocycles. The lowest BCUT2D eigenvalue weighted by Crippen LogP contribution is -2.22. The Morgan fingerprint density at radius 3 is 2.50 bits per heavy atom. The van der Waals surface area contributed by atoms with Gasteiger partial charge in [-0.1, -0.05) is 32.8 Å². The van der Waals surface area contributed by atoms with Crippen LogP contribution in [0.1, 0.15) is 57.1 Å². The minimum Gasteiger partial charge on any atom is -0.207 e. The molecule has 88 valence electrons. The fourth-order valence-corrected chi connectivity index (χ4v) is 3.37. The van der Waals surface area contributed by atoms with Gasteiger partial charge in [-0.3, -0.25) is 0 Å². The summed E-state index contributed by atoms with van der Waals surface area (Å²) in [7, 11) is 0. The van der Waals surface area contributed by atoms with Crippen LogP contribution in [0.2, 0.25) is 0 Å². The second-order valence-electron chi connectivity index (χ2n) is 5.08. The number of fused-ring (bicyclic) bond motifs is 1. The number of halogens is 1. The van der Waals surface area contributed by atoms with E-state index in [0.29, 0.717) is 0 Å². The first kappa shape index (κ1) is 11.6. The number of rotatable bonds is 4. The quantitative estimate of drug-likeness (QED) is 0.695. The Morgan fingerprint density at radius 2 is 1.88 bits per heavy atom. The maximum atomic E-state index is 13.4. The maximum Gasteiger partial charge on any atom is 0.123 e. The highest BCUT2D eigenvalue weighted by Gasteiger charge is 2.36. The second-order valence-corrected chi connectivity index (χ2v) is 5.08. The van der Waals surface area contributed by atoms with Crippen molar-refractivity contribution < 1.29 is 4.39 Å². The Kier molecular flexibility index (Phi) is 3.32. The maximum absolute atomic E-state index is 13.4. The fourth-order valence-electron chi connectivity index (χ4n) is 3.37. The van der Waals surface area contributed by atoms with Gasteiger partial charge in [0.25, 0.3) is 0 Å². The molecule has 0 aromatic heterocycles. The van der Waals surface area contributed by atoms with Gasteiger partial charge in [0.1, 0.15) is 5.82 Å².